The van der Waals surface area contributed by atoms with E-state index in [9.17, 15) is 4.79 Å². The van der Waals surface area contributed by atoms with Gasteiger partial charge in [0, 0.05) is 51.7 Å². The van der Waals surface area contributed by atoms with Crippen LogP contribution in [-0.2, 0) is 16.1 Å². The van der Waals surface area contributed by atoms with Gasteiger partial charge in [0.25, 0.3) is 0 Å². The fourth-order valence-electron chi connectivity index (χ4n) is 5.66. The van der Waals surface area contributed by atoms with Crippen LogP contribution in [0.5, 0.6) is 5.75 Å². The van der Waals surface area contributed by atoms with Crippen LogP contribution in [0.25, 0.3) is 0 Å². The fourth-order valence-corrected chi connectivity index (χ4v) is 5.66. The number of carbonyl (C=O) groups is 1. The zero-order valence-electron chi connectivity index (χ0n) is 20.9. The molecule has 184 valence electrons. The van der Waals surface area contributed by atoms with Crippen molar-refractivity contribution < 1.29 is 14.3 Å². The molecule has 0 unspecified atom stereocenters. The minimum Gasteiger partial charge on any atom is -0.495 e. The molecule has 0 saturated carbocycles. The molecule has 0 N–H and O–H groups in total. The molecule has 2 aliphatic heterocycles. The molecule has 0 aromatic heterocycles. The third kappa shape index (κ3) is 6.10. The van der Waals surface area contributed by atoms with E-state index in [0.29, 0.717) is 18.4 Å². The van der Waals surface area contributed by atoms with Crippen LogP contribution < -0.4 is 9.64 Å². The minimum absolute atomic E-state index is 0.101. The van der Waals surface area contributed by atoms with Gasteiger partial charge in [0.2, 0.25) is 0 Å². The third-order valence-electron chi connectivity index (χ3n) is 7.42. The summed E-state index contributed by atoms with van der Waals surface area (Å²) in [6.45, 7) is 9.32. The predicted octanol–water partition coefficient (Wildman–Crippen LogP) is 3.97. The maximum absolute atomic E-state index is 11.9. The van der Waals surface area contributed by atoms with Gasteiger partial charge in [0.15, 0.2) is 0 Å². The van der Waals surface area contributed by atoms with Gasteiger partial charge < -0.3 is 14.4 Å². The second kappa shape index (κ2) is 11.7. The lowest BCUT2D eigenvalue weighted by Gasteiger charge is -2.47. The van der Waals surface area contributed by atoms with Gasteiger partial charge in [0.05, 0.1) is 19.9 Å². The first-order valence-corrected chi connectivity index (χ1v) is 12.5. The summed E-state index contributed by atoms with van der Waals surface area (Å²) in [5, 5.41) is 0. The molecule has 2 fully saturated rings. The van der Waals surface area contributed by atoms with Gasteiger partial charge in [0.1, 0.15) is 5.75 Å². The molecule has 0 amide bonds. The number of hydrogen-bond acceptors (Lipinski definition) is 6. The van der Waals surface area contributed by atoms with E-state index in [1.54, 1.807) is 7.11 Å². The monoisotopic (exact) mass is 465 g/mol. The first kappa shape index (κ1) is 24.6. The quantitative estimate of drug-likeness (QED) is 0.550. The lowest BCUT2D eigenvalue weighted by Crippen LogP contribution is -2.56. The predicted molar refractivity (Wildman–Crippen MR) is 136 cm³/mol. The summed E-state index contributed by atoms with van der Waals surface area (Å²) in [4.78, 5) is 19.6. The molecule has 6 nitrogen and oxygen atoms in total. The molecule has 2 atom stereocenters. The second-order valence-electron chi connectivity index (χ2n) is 9.65. The van der Waals surface area contributed by atoms with Crippen molar-refractivity contribution in [2.75, 3.05) is 58.4 Å². The molecular weight excluding hydrogens is 426 g/mol. The van der Waals surface area contributed by atoms with Gasteiger partial charge in [-0.3, -0.25) is 14.6 Å². The Labute approximate surface area is 204 Å². The van der Waals surface area contributed by atoms with Gasteiger partial charge in [-0.05, 0) is 49.9 Å². The summed E-state index contributed by atoms with van der Waals surface area (Å²) in [5.41, 5.74) is 3.86. The lowest BCUT2D eigenvalue weighted by molar-refractivity contribution is -0.141. The van der Waals surface area contributed by atoms with Crippen molar-refractivity contribution in [1.29, 1.82) is 0 Å². The first-order chi connectivity index (χ1) is 16.6. The third-order valence-corrected chi connectivity index (χ3v) is 7.42. The van der Waals surface area contributed by atoms with E-state index in [4.69, 9.17) is 9.47 Å². The van der Waals surface area contributed by atoms with Gasteiger partial charge in [-0.2, -0.15) is 0 Å². The number of hydrogen-bond donors (Lipinski definition) is 0. The Kier molecular flexibility index (Phi) is 8.46. The van der Waals surface area contributed by atoms with Crippen LogP contribution in [0.3, 0.4) is 0 Å². The number of aryl methyl sites for hydroxylation is 1. The number of para-hydroxylation sites is 2. The second-order valence-corrected chi connectivity index (χ2v) is 9.65. The Bertz CT molecular complexity index is 942. The van der Waals surface area contributed by atoms with E-state index < -0.39 is 0 Å². The van der Waals surface area contributed by atoms with E-state index in [0.717, 1.165) is 64.4 Å². The average molecular weight is 466 g/mol. The molecule has 34 heavy (non-hydrogen) atoms. The summed E-state index contributed by atoms with van der Waals surface area (Å²) >= 11 is 0. The van der Waals surface area contributed by atoms with Gasteiger partial charge >= 0.3 is 5.97 Å². The van der Waals surface area contributed by atoms with Crippen molar-refractivity contribution in [1.82, 2.24) is 9.80 Å². The van der Waals surface area contributed by atoms with Crippen molar-refractivity contribution in [2.24, 2.45) is 5.92 Å². The van der Waals surface area contributed by atoms with E-state index in [1.165, 1.54) is 23.9 Å². The molecule has 0 spiro atoms. The van der Waals surface area contributed by atoms with Crippen molar-refractivity contribution in [3.8, 4) is 5.75 Å². The van der Waals surface area contributed by atoms with E-state index >= 15 is 0 Å². The maximum atomic E-state index is 11.9. The molecule has 2 saturated heterocycles. The largest absolute Gasteiger partial charge is 0.495 e. The number of piperidine rings is 1. The van der Waals surface area contributed by atoms with Gasteiger partial charge in [-0.15, -0.1) is 0 Å². The highest BCUT2D eigenvalue weighted by Gasteiger charge is 2.35. The molecule has 2 aromatic rings. The number of nitrogens with zero attached hydrogens (tertiary/aromatic N) is 3. The van der Waals surface area contributed by atoms with Crippen LogP contribution in [0.2, 0.25) is 0 Å². The molecular formula is C28H39N3O3. The average Bonchev–Trinajstić information content (AvgIpc) is 2.87. The number of ether oxygens (including phenoxy) is 2. The van der Waals surface area contributed by atoms with Crippen LogP contribution in [0.1, 0.15) is 30.4 Å². The zero-order valence-corrected chi connectivity index (χ0v) is 20.9. The Morgan fingerprint density at radius 2 is 1.79 bits per heavy atom. The Hall–Kier alpha value is -2.57. The number of carbonyl (C=O) groups excluding carboxylic acids is 1. The van der Waals surface area contributed by atoms with Crippen LogP contribution in [0.4, 0.5) is 5.69 Å². The summed E-state index contributed by atoms with van der Waals surface area (Å²) in [5.74, 6) is 1.31. The number of esters is 1. The zero-order chi connectivity index (χ0) is 23.9. The number of methoxy groups -OCH3 is 2. The highest BCUT2D eigenvalue weighted by molar-refractivity contribution is 5.69. The summed E-state index contributed by atoms with van der Waals surface area (Å²) < 4.78 is 10.5. The van der Waals surface area contributed by atoms with Crippen LogP contribution in [0.15, 0.2) is 48.5 Å². The topological polar surface area (TPSA) is 45.2 Å². The van der Waals surface area contributed by atoms with E-state index in [2.05, 4.69) is 58.0 Å². The Morgan fingerprint density at radius 1 is 1.00 bits per heavy atom. The number of rotatable bonds is 8. The van der Waals surface area contributed by atoms with E-state index in [1.807, 2.05) is 12.1 Å². The van der Waals surface area contributed by atoms with Crippen molar-refractivity contribution in [2.45, 2.75) is 38.8 Å². The molecule has 2 aromatic carbocycles. The lowest BCUT2D eigenvalue weighted by atomic mass is 9.86. The van der Waals surface area contributed by atoms with Crippen molar-refractivity contribution in [3.63, 3.8) is 0 Å². The number of piperazine rings is 1. The summed E-state index contributed by atoms with van der Waals surface area (Å²) in [6, 6.07) is 17.6. The van der Waals surface area contributed by atoms with Crippen molar-refractivity contribution in [3.05, 3.63) is 59.7 Å². The van der Waals surface area contributed by atoms with Crippen LogP contribution in [-0.4, -0.2) is 75.3 Å². The molecule has 4 rings (SSSR count). The smallest absolute Gasteiger partial charge is 0.305 e. The fraction of sp³-hybridized carbons (Fsp3) is 0.536. The van der Waals surface area contributed by atoms with Crippen molar-refractivity contribution >= 4 is 11.7 Å². The molecule has 2 heterocycles. The Balaban J connectivity index is 1.40. The molecule has 0 bridgehead atoms. The number of benzene rings is 2. The molecule has 0 radical (unpaired) electrons. The SMILES string of the molecule is COC(=O)CC[C@H]1CN(Cc2cccc(C)c2)CC[C@H]1N1CCN(c2ccccc2OC)CC1. The van der Waals surface area contributed by atoms with Gasteiger partial charge in [-0.1, -0.05) is 42.0 Å². The van der Waals surface area contributed by atoms with E-state index in [-0.39, 0.29) is 5.97 Å². The highest BCUT2D eigenvalue weighted by atomic mass is 16.5. The normalized spacial score (nSPS) is 21.9. The number of anilines is 1. The molecule has 2 aliphatic rings. The summed E-state index contributed by atoms with van der Waals surface area (Å²) in [7, 11) is 3.23. The highest BCUT2D eigenvalue weighted by Crippen LogP contribution is 2.31. The first-order valence-electron chi connectivity index (χ1n) is 12.5. The van der Waals surface area contributed by atoms with Crippen LogP contribution in [0, 0.1) is 12.8 Å². The standard InChI is InChI=1S/C28H39N3O3/c1-22-7-6-8-23(19-22)20-29-14-13-25(24(21-29)11-12-28(32)34-3)30-15-17-31(18-16-30)26-9-4-5-10-27(26)33-2/h4-10,19,24-25H,11-18,20-21H2,1-3H3/t24-,25+/m0/s1. The molecule has 0 aliphatic carbocycles. The Morgan fingerprint density at radius 3 is 2.53 bits per heavy atom. The molecule has 6 heteroatoms. The number of likely N-dealkylation sites (tertiary alicyclic amines) is 1. The van der Waals surface area contributed by atoms with Gasteiger partial charge in [-0.25, -0.2) is 0 Å². The maximum Gasteiger partial charge on any atom is 0.305 e. The minimum atomic E-state index is -0.101. The summed E-state index contributed by atoms with van der Waals surface area (Å²) in [6.07, 6.45) is 2.53. The van der Waals surface area contributed by atoms with Crippen LogP contribution >= 0.6 is 0 Å².